The van der Waals surface area contributed by atoms with E-state index in [2.05, 4.69) is 35.9 Å². The van der Waals surface area contributed by atoms with Crippen LogP contribution in [0, 0.1) is 10.1 Å². The Morgan fingerprint density at radius 1 is 0.824 bits per heavy atom. The Morgan fingerprint density at radius 3 is 1.53 bits per heavy atom. The van der Waals surface area contributed by atoms with Crippen molar-refractivity contribution in [1.29, 1.82) is 0 Å². The molecule has 0 spiro atoms. The third-order valence-corrected chi connectivity index (χ3v) is 4.54. The number of rotatable bonds is 10. The Morgan fingerprint density at radius 2 is 1.21 bits per heavy atom. The lowest BCUT2D eigenvalue weighted by atomic mass is 10.1. The average Bonchev–Trinajstić information content (AvgIpc) is 2.85. The Kier molecular flexibility index (Phi) is 7.97. The molecule has 0 saturated carbocycles. The number of aromatic nitrogens is 4. The SMILES string of the molecule is COc1cc(OC)nc(Oc2cccc(Oc3nc(OC)cc(OC)n3)c2/C=C(/Br)[N+](=O)[O-])n1. The molecule has 0 atom stereocenters. The maximum Gasteiger partial charge on any atom is 0.328 e. The van der Waals surface area contributed by atoms with Crippen LogP contribution in [0.25, 0.3) is 6.08 Å². The van der Waals surface area contributed by atoms with Crippen LogP contribution in [0.15, 0.2) is 34.9 Å². The highest BCUT2D eigenvalue weighted by Gasteiger charge is 2.19. The van der Waals surface area contributed by atoms with Crippen molar-refractivity contribution in [1.82, 2.24) is 19.9 Å². The topological polar surface area (TPSA) is 150 Å². The fourth-order valence-corrected chi connectivity index (χ4v) is 2.72. The summed E-state index contributed by atoms with van der Waals surface area (Å²) in [7, 11) is 5.69. The van der Waals surface area contributed by atoms with E-state index in [1.165, 1.54) is 46.6 Å². The molecule has 3 rings (SSSR count). The summed E-state index contributed by atoms with van der Waals surface area (Å²) in [4.78, 5) is 27.1. The molecule has 0 bridgehead atoms. The van der Waals surface area contributed by atoms with Gasteiger partial charge in [-0.15, -0.1) is 0 Å². The Balaban J connectivity index is 2.09. The third kappa shape index (κ3) is 5.98. The maximum absolute atomic E-state index is 11.3. The van der Waals surface area contributed by atoms with Gasteiger partial charge in [0.15, 0.2) is 0 Å². The molecular formula is C20H18BrN5O8. The zero-order valence-corrected chi connectivity index (χ0v) is 19.9. The fraction of sp³-hybridized carbons (Fsp3) is 0.200. The second-order valence-corrected chi connectivity index (χ2v) is 6.88. The summed E-state index contributed by atoms with van der Waals surface area (Å²) in [6, 6.07) is 7.35. The first kappa shape index (κ1) is 24.4. The van der Waals surface area contributed by atoms with E-state index < -0.39 is 4.92 Å². The fourth-order valence-electron chi connectivity index (χ4n) is 2.49. The Hall–Kier alpha value is -4.20. The summed E-state index contributed by atoms with van der Waals surface area (Å²) >= 11 is 2.92. The van der Waals surface area contributed by atoms with Crippen molar-refractivity contribution in [2.75, 3.05) is 28.4 Å². The first-order chi connectivity index (χ1) is 16.4. The maximum atomic E-state index is 11.3. The summed E-state index contributed by atoms with van der Waals surface area (Å²) < 4.78 is 31.7. The number of hydrogen-bond donors (Lipinski definition) is 0. The van der Waals surface area contributed by atoms with Gasteiger partial charge in [0.1, 0.15) is 11.5 Å². The van der Waals surface area contributed by atoms with Gasteiger partial charge in [-0.3, -0.25) is 10.1 Å². The first-order valence-corrected chi connectivity index (χ1v) is 10.1. The molecule has 178 valence electrons. The molecular weight excluding hydrogens is 518 g/mol. The zero-order chi connectivity index (χ0) is 24.7. The van der Waals surface area contributed by atoms with Gasteiger partial charge >= 0.3 is 16.6 Å². The van der Waals surface area contributed by atoms with Crippen LogP contribution in [0.3, 0.4) is 0 Å². The van der Waals surface area contributed by atoms with Crippen molar-refractivity contribution in [2.45, 2.75) is 0 Å². The molecule has 0 aliphatic rings. The van der Waals surface area contributed by atoms with Gasteiger partial charge in [0, 0.05) is 22.0 Å². The van der Waals surface area contributed by atoms with E-state index in [1.807, 2.05) is 0 Å². The van der Waals surface area contributed by atoms with Gasteiger partial charge in [-0.05, 0) is 12.1 Å². The number of nitrogens with zero attached hydrogens (tertiary/aromatic N) is 5. The molecule has 0 N–H and O–H groups in total. The van der Waals surface area contributed by atoms with E-state index in [4.69, 9.17) is 28.4 Å². The Labute approximate surface area is 201 Å². The second-order valence-electron chi connectivity index (χ2n) is 6.07. The number of nitro groups is 1. The third-order valence-electron chi connectivity index (χ3n) is 4.02. The van der Waals surface area contributed by atoms with Crippen LogP contribution in [0.4, 0.5) is 0 Å². The van der Waals surface area contributed by atoms with E-state index in [9.17, 15) is 10.1 Å². The van der Waals surface area contributed by atoms with Gasteiger partial charge in [0.25, 0.3) is 0 Å². The lowest BCUT2D eigenvalue weighted by Gasteiger charge is -2.13. The van der Waals surface area contributed by atoms with Crippen LogP contribution in [-0.4, -0.2) is 53.3 Å². The van der Waals surface area contributed by atoms with Gasteiger partial charge in [-0.2, -0.15) is 19.9 Å². The predicted octanol–water partition coefficient (Wildman–Crippen LogP) is 3.86. The summed E-state index contributed by atoms with van der Waals surface area (Å²) in [5.74, 6) is 1.01. The van der Waals surface area contributed by atoms with E-state index in [-0.39, 0.29) is 57.2 Å². The molecule has 0 radical (unpaired) electrons. The number of hydrogen-bond acceptors (Lipinski definition) is 12. The van der Waals surface area contributed by atoms with Gasteiger partial charge < -0.3 is 28.4 Å². The van der Waals surface area contributed by atoms with E-state index in [0.29, 0.717) is 0 Å². The minimum atomic E-state index is -0.628. The monoisotopic (exact) mass is 535 g/mol. The Bertz CT molecular complexity index is 1100. The van der Waals surface area contributed by atoms with Crippen molar-refractivity contribution in [3.05, 3.63) is 50.6 Å². The molecule has 0 amide bonds. The molecule has 3 aromatic rings. The molecule has 2 heterocycles. The van der Waals surface area contributed by atoms with Crippen LogP contribution in [0.2, 0.25) is 0 Å². The number of methoxy groups -OCH3 is 4. The van der Waals surface area contributed by atoms with Crippen molar-refractivity contribution < 1.29 is 33.3 Å². The summed E-state index contributed by atoms with van der Waals surface area (Å²) in [6.07, 6.45) is 1.19. The molecule has 1 aromatic carbocycles. The molecule has 2 aromatic heterocycles. The van der Waals surface area contributed by atoms with Gasteiger partial charge in [0.05, 0.1) is 51.1 Å². The highest BCUT2D eigenvalue weighted by molar-refractivity contribution is 9.11. The molecule has 0 aliphatic carbocycles. The van der Waals surface area contributed by atoms with E-state index >= 15 is 0 Å². The van der Waals surface area contributed by atoms with Crippen molar-refractivity contribution in [3.8, 4) is 47.0 Å². The van der Waals surface area contributed by atoms with Crippen molar-refractivity contribution >= 4 is 22.0 Å². The highest BCUT2D eigenvalue weighted by Crippen LogP contribution is 2.37. The standard InChI is InChI=1S/C20H18BrN5O8/c1-29-15-9-16(30-2)23-19(22-15)33-12-6-5-7-13(11(12)8-14(21)26(27)28)34-20-24-17(31-3)10-18(25-20)32-4/h5-10H,1-4H3/b14-8-. The quantitative estimate of drug-likeness (QED) is 0.210. The normalized spacial score (nSPS) is 10.9. The smallest absolute Gasteiger partial charge is 0.328 e. The molecule has 0 aliphatic heterocycles. The molecule has 0 fully saturated rings. The van der Waals surface area contributed by atoms with Gasteiger partial charge in [0.2, 0.25) is 23.5 Å². The molecule has 34 heavy (non-hydrogen) atoms. The van der Waals surface area contributed by atoms with Crippen LogP contribution in [-0.2, 0) is 0 Å². The lowest BCUT2D eigenvalue weighted by Crippen LogP contribution is -2.01. The van der Waals surface area contributed by atoms with Crippen LogP contribution < -0.4 is 28.4 Å². The number of benzene rings is 1. The van der Waals surface area contributed by atoms with Gasteiger partial charge in [-0.1, -0.05) is 6.07 Å². The van der Waals surface area contributed by atoms with E-state index in [0.717, 1.165) is 0 Å². The molecule has 0 saturated heterocycles. The minimum Gasteiger partial charge on any atom is -0.481 e. The second kappa shape index (κ2) is 11.1. The summed E-state index contributed by atoms with van der Waals surface area (Å²) in [5, 5.41) is 11.3. The van der Waals surface area contributed by atoms with Crippen LogP contribution >= 0.6 is 15.9 Å². The minimum absolute atomic E-state index is 0.125. The van der Waals surface area contributed by atoms with E-state index in [1.54, 1.807) is 18.2 Å². The highest BCUT2D eigenvalue weighted by atomic mass is 79.9. The zero-order valence-electron chi connectivity index (χ0n) is 18.3. The number of ether oxygens (including phenoxy) is 6. The summed E-state index contributed by atoms with van der Waals surface area (Å²) in [5.41, 5.74) is 0.168. The van der Waals surface area contributed by atoms with Crippen LogP contribution in [0.5, 0.6) is 47.0 Å². The molecule has 14 heteroatoms. The summed E-state index contributed by atoms with van der Waals surface area (Å²) in [6.45, 7) is 0. The van der Waals surface area contributed by atoms with Gasteiger partial charge in [-0.25, -0.2) is 0 Å². The van der Waals surface area contributed by atoms with Crippen molar-refractivity contribution in [2.24, 2.45) is 0 Å². The predicted molar refractivity (Wildman–Crippen MR) is 121 cm³/mol. The first-order valence-electron chi connectivity index (χ1n) is 9.31. The number of halogens is 1. The molecule has 0 unspecified atom stereocenters. The van der Waals surface area contributed by atoms with Crippen LogP contribution in [0.1, 0.15) is 5.56 Å². The largest absolute Gasteiger partial charge is 0.481 e. The van der Waals surface area contributed by atoms with Crippen molar-refractivity contribution in [3.63, 3.8) is 0 Å². The molecule has 13 nitrogen and oxygen atoms in total. The average molecular weight is 536 g/mol. The lowest BCUT2D eigenvalue weighted by molar-refractivity contribution is -0.407.